The van der Waals surface area contributed by atoms with E-state index in [0.29, 0.717) is 11.3 Å². The van der Waals surface area contributed by atoms with Gasteiger partial charge in [-0.2, -0.15) is 0 Å². The van der Waals surface area contributed by atoms with Crippen molar-refractivity contribution in [3.63, 3.8) is 0 Å². The topological polar surface area (TPSA) is 177 Å². The molecular formula is C29H38N4O7. The average molecular weight is 555 g/mol. The summed E-state index contributed by atoms with van der Waals surface area (Å²) in [4.78, 5) is 43.1. The van der Waals surface area contributed by atoms with Crippen LogP contribution >= 0.6 is 0 Å². The van der Waals surface area contributed by atoms with Gasteiger partial charge in [0.1, 0.15) is 22.8 Å². The number of anilines is 1. The number of ketones is 2. The highest BCUT2D eigenvalue weighted by Crippen LogP contribution is 2.53. The number of amides is 1. The van der Waals surface area contributed by atoms with Gasteiger partial charge in [0.05, 0.1) is 17.3 Å². The Morgan fingerprint density at radius 2 is 1.85 bits per heavy atom. The van der Waals surface area contributed by atoms with Crippen LogP contribution < -0.4 is 11.1 Å². The molecule has 11 heteroatoms. The third-order valence-corrected chi connectivity index (χ3v) is 9.08. The van der Waals surface area contributed by atoms with E-state index in [4.69, 9.17) is 5.73 Å². The summed E-state index contributed by atoms with van der Waals surface area (Å²) < 4.78 is 0. The van der Waals surface area contributed by atoms with Crippen LogP contribution in [0.2, 0.25) is 0 Å². The van der Waals surface area contributed by atoms with Crippen LogP contribution in [0.25, 0.3) is 5.76 Å². The number of aromatic hydroxyl groups is 1. The van der Waals surface area contributed by atoms with Crippen LogP contribution in [0.3, 0.4) is 0 Å². The minimum absolute atomic E-state index is 0.0723. The number of phenolic OH excluding ortho intramolecular Hbond substituents is 1. The molecule has 5 rings (SSSR count). The van der Waals surface area contributed by atoms with Gasteiger partial charge in [0.2, 0.25) is 5.78 Å². The Morgan fingerprint density at radius 1 is 1.18 bits per heavy atom. The third-order valence-electron chi connectivity index (χ3n) is 9.08. The van der Waals surface area contributed by atoms with E-state index in [0.717, 1.165) is 38.9 Å². The third kappa shape index (κ3) is 4.18. The fourth-order valence-electron chi connectivity index (χ4n) is 7.17. The monoisotopic (exact) mass is 554 g/mol. The van der Waals surface area contributed by atoms with Gasteiger partial charge < -0.3 is 36.4 Å². The molecule has 11 nitrogen and oxygen atoms in total. The molecule has 1 saturated heterocycles. The Kier molecular flexibility index (Phi) is 7.18. The maximum atomic E-state index is 13.9. The lowest BCUT2D eigenvalue weighted by Crippen LogP contribution is -2.65. The molecule has 1 aliphatic heterocycles. The first-order chi connectivity index (χ1) is 18.9. The molecule has 0 aromatic heterocycles. The Balaban J connectivity index is 1.53. The van der Waals surface area contributed by atoms with Crippen LogP contribution in [0, 0.1) is 11.8 Å². The molecule has 40 heavy (non-hydrogen) atoms. The predicted molar refractivity (Wildman–Crippen MR) is 148 cm³/mol. The fourth-order valence-corrected chi connectivity index (χ4v) is 7.17. The molecule has 3 aliphatic carbocycles. The molecule has 216 valence electrons. The number of likely N-dealkylation sites (tertiary alicyclic amines) is 1. The highest BCUT2D eigenvalue weighted by Gasteiger charge is 2.64. The first-order valence-corrected chi connectivity index (χ1v) is 13.9. The molecule has 1 heterocycles. The summed E-state index contributed by atoms with van der Waals surface area (Å²) in [6.07, 6.45) is 3.24. The van der Waals surface area contributed by atoms with Crippen LogP contribution in [0.4, 0.5) is 5.69 Å². The van der Waals surface area contributed by atoms with Gasteiger partial charge in [-0.3, -0.25) is 19.3 Å². The predicted octanol–water partition coefficient (Wildman–Crippen LogP) is 1.25. The summed E-state index contributed by atoms with van der Waals surface area (Å²) >= 11 is 0. The van der Waals surface area contributed by atoms with E-state index < -0.39 is 58.0 Å². The highest BCUT2D eigenvalue weighted by molar-refractivity contribution is 6.24. The van der Waals surface area contributed by atoms with Gasteiger partial charge in [0.15, 0.2) is 11.4 Å². The summed E-state index contributed by atoms with van der Waals surface area (Å²) in [6.45, 7) is 5.10. The zero-order valence-electron chi connectivity index (χ0n) is 23.1. The molecule has 1 saturated carbocycles. The number of rotatable bonds is 6. The smallest absolute Gasteiger partial charge is 0.255 e. The van der Waals surface area contributed by atoms with Crippen molar-refractivity contribution in [2.24, 2.45) is 17.6 Å². The second-order valence-corrected chi connectivity index (χ2v) is 11.7. The molecule has 0 bridgehead atoms. The van der Waals surface area contributed by atoms with Gasteiger partial charge in [-0.1, -0.05) is 13.0 Å². The largest absolute Gasteiger partial charge is 0.508 e. The van der Waals surface area contributed by atoms with E-state index >= 15 is 0 Å². The number of piperidine rings is 1. The van der Waals surface area contributed by atoms with Crippen LogP contribution in [0.5, 0.6) is 5.75 Å². The standard InChI is InChI=1S/C29H38N4O7/c1-4-9-33-10-7-16(8-11-33)31-18-6-5-14-12-15-13-17-22(32(2)3)25(36)21(28(30)39)27(38)29(17,40)26(37)20(15)24(35)19(14)23(18)34/h5-6,15-17,22,31,34-35,38,40H,4,7-13H2,1-3H3,(H2,30,39)/t15-,17-,22-,29-/m0/s1. The summed E-state index contributed by atoms with van der Waals surface area (Å²) in [6, 6.07) is 2.62. The second-order valence-electron chi connectivity index (χ2n) is 11.7. The van der Waals surface area contributed by atoms with E-state index in [2.05, 4.69) is 17.1 Å². The fraction of sp³-hybridized carbons (Fsp3) is 0.552. The van der Waals surface area contributed by atoms with Gasteiger partial charge in [-0.15, -0.1) is 0 Å². The van der Waals surface area contributed by atoms with Crippen LogP contribution in [0.15, 0.2) is 29.0 Å². The Morgan fingerprint density at radius 3 is 2.45 bits per heavy atom. The molecule has 2 fully saturated rings. The number of phenols is 1. The number of nitrogens with zero attached hydrogens (tertiary/aromatic N) is 2. The number of primary amides is 1. The number of carbonyl (C=O) groups excluding carboxylic acids is 3. The minimum atomic E-state index is -2.64. The zero-order chi connectivity index (χ0) is 29.1. The molecule has 0 spiro atoms. The summed E-state index contributed by atoms with van der Waals surface area (Å²) in [5, 5.41) is 48.7. The molecule has 0 unspecified atom stereocenters. The number of fused-ring (bicyclic) bond motifs is 3. The van der Waals surface area contributed by atoms with Crippen molar-refractivity contribution in [3.05, 3.63) is 40.2 Å². The lowest BCUT2D eigenvalue weighted by molar-refractivity contribution is -0.153. The van der Waals surface area contributed by atoms with Crippen LogP contribution in [-0.4, -0.2) is 99.1 Å². The van der Waals surface area contributed by atoms with Crippen LogP contribution in [0.1, 0.15) is 43.7 Å². The van der Waals surface area contributed by atoms with Gasteiger partial charge >= 0.3 is 0 Å². The quantitative estimate of drug-likeness (QED) is 0.222. The molecule has 1 aromatic rings. The van der Waals surface area contributed by atoms with Gasteiger partial charge in [-0.25, -0.2) is 0 Å². The minimum Gasteiger partial charge on any atom is -0.508 e. The number of carbonyl (C=O) groups is 3. The molecule has 1 amide bonds. The number of hydrogen-bond donors (Lipinski definition) is 6. The normalized spacial score (nSPS) is 29.4. The van der Waals surface area contributed by atoms with Crippen molar-refractivity contribution in [2.75, 3.05) is 39.0 Å². The number of likely N-dealkylation sites (N-methyl/N-ethyl adjacent to an activating group) is 1. The summed E-state index contributed by atoms with van der Waals surface area (Å²) in [7, 11) is 3.15. The number of aliphatic hydroxyl groups is 3. The van der Waals surface area contributed by atoms with E-state index in [1.54, 1.807) is 26.2 Å². The Bertz CT molecular complexity index is 1330. The summed E-state index contributed by atoms with van der Waals surface area (Å²) in [5.74, 6) is -6.44. The van der Waals surface area contributed by atoms with Gasteiger partial charge in [0.25, 0.3) is 5.91 Å². The Labute approximate surface area is 232 Å². The first kappa shape index (κ1) is 28.1. The van der Waals surface area contributed by atoms with E-state index in [1.807, 2.05) is 0 Å². The van der Waals surface area contributed by atoms with E-state index in [9.17, 15) is 34.8 Å². The van der Waals surface area contributed by atoms with Crippen molar-refractivity contribution in [2.45, 2.75) is 56.7 Å². The molecule has 1 aromatic carbocycles. The summed E-state index contributed by atoms with van der Waals surface area (Å²) in [5.41, 5.74) is 2.94. The second kappa shape index (κ2) is 10.2. The van der Waals surface area contributed by atoms with E-state index in [-0.39, 0.29) is 35.8 Å². The molecule has 4 aliphatic rings. The molecular weight excluding hydrogens is 516 g/mol. The number of aliphatic hydroxyl groups excluding tert-OH is 2. The van der Waals surface area contributed by atoms with Crippen molar-refractivity contribution in [1.82, 2.24) is 9.80 Å². The SMILES string of the molecule is CCCN1CCC(Nc2ccc3c(c2O)C(O)=C2C(=O)[C@]4(O)C(O)=C(C(N)=O)C(=O)[C@@H](N(C)C)[C@@H]4C[C@@H]2C3)CC1. The van der Waals surface area contributed by atoms with Gasteiger partial charge in [0, 0.05) is 30.6 Å². The lowest BCUT2D eigenvalue weighted by Gasteiger charge is -2.50. The maximum Gasteiger partial charge on any atom is 0.255 e. The molecule has 0 radical (unpaired) electrons. The van der Waals surface area contributed by atoms with Gasteiger partial charge in [-0.05, 0) is 70.3 Å². The number of benzene rings is 1. The highest BCUT2D eigenvalue weighted by atomic mass is 16.3. The number of nitrogens with two attached hydrogens (primary N) is 1. The number of Topliss-reactive ketones (excluding diaryl/α,β-unsaturated/α-hetero) is 2. The average Bonchev–Trinajstić information content (AvgIpc) is 2.88. The van der Waals surface area contributed by atoms with Crippen molar-refractivity contribution in [3.8, 4) is 5.75 Å². The van der Waals surface area contributed by atoms with Crippen molar-refractivity contribution in [1.29, 1.82) is 0 Å². The molecule has 7 N–H and O–H groups in total. The lowest BCUT2D eigenvalue weighted by atomic mass is 9.57. The number of nitrogens with one attached hydrogen (secondary N) is 1. The van der Waals surface area contributed by atoms with Crippen LogP contribution in [-0.2, 0) is 20.8 Å². The number of hydrogen-bond acceptors (Lipinski definition) is 10. The van der Waals surface area contributed by atoms with Crippen molar-refractivity contribution < 1.29 is 34.8 Å². The first-order valence-electron chi connectivity index (χ1n) is 13.9. The van der Waals surface area contributed by atoms with E-state index in [1.165, 1.54) is 4.90 Å². The zero-order valence-corrected chi connectivity index (χ0v) is 23.1. The maximum absolute atomic E-state index is 13.9. The molecule has 4 atom stereocenters. The van der Waals surface area contributed by atoms with Crippen molar-refractivity contribution >= 4 is 28.9 Å². The Hall–Kier alpha value is -3.41.